The van der Waals surface area contributed by atoms with Gasteiger partial charge >= 0.3 is 8.56 Å². The molecule has 0 aromatic rings. The van der Waals surface area contributed by atoms with Gasteiger partial charge in [-0.25, -0.2) is 0 Å². The molecule has 110 valence electrons. The molecular weight excluding hydrogens is 240 g/mol. The van der Waals surface area contributed by atoms with Gasteiger partial charge in [-0.2, -0.15) is 0 Å². The molecule has 0 aromatic heterocycles. The van der Waals surface area contributed by atoms with Gasteiger partial charge in [-0.1, -0.05) is 55.4 Å². The molecule has 0 heterocycles. The van der Waals surface area contributed by atoms with Gasteiger partial charge in [0.2, 0.25) is 0 Å². The van der Waals surface area contributed by atoms with E-state index in [1.165, 1.54) is 0 Å². The van der Waals surface area contributed by atoms with E-state index in [0.29, 0.717) is 11.5 Å². The normalized spacial score (nSPS) is 13.7. The van der Waals surface area contributed by atoms with Crippen LogP contribution in [0.15, 0.2) is 0 Å². The number of hydrogen-bond donors (Lipinski definition) is 0. The summed E-state index contributed by atoms with van der Waals surface area (Å²) in [6, 6.07) is 0. The Morgan fingerprint density at radius 3 is 1.50 bits per heavy atom. The highest BCUT2D eigenvalue weighted by molar-refractivity contribution is 6.72. The van der Waals surface area contributed by atoms with Crippen molar-refractivity contribution in [2.75, 3.05) is 13.2 Å². The van der Waals surface area contributed by atoms with E-state index in [0.717, 1.165) is 26.1 Å². The second-order valence-electron chi connectivity index (χ2n) is 6.40. The van der Waals surface area contributed by atoms with Crippen molar-refractivity contribution in [3.8, 4) is 0 Å². The molecule has 18 heavy (non-hydrogen) atoms. The standard InChI is InChI=1S/C15H34O2Si/c1-9-11-16-18(14(5)6,17-12-10-2)15(7,8)13(3)4/h13-14H,9-12H2,1-8H3. The molecule has 0 aliphatic rings. The third-order valence-electron chi connectivity index (χ3n) is 4.14. The van der Waals surface area contributed by atoms with Gasteiger partial charge in [0.05, 0.1) is 0 Å². The molecule has 0 aliphatic carbocycles. The Kier molecular flexibility index (Phi) is 7.72. The van der Waals surface area contributed by atoms with Crippen LogP contribution in [0.4, 0.5) is 0 Å². The van der Waals surface area contributed by atoms with E-state index in [1.807, 2.05) is 0 Å². The van der Waals surface area contributed by atoms with Crippen molar-refractivity contribution in [2.24, 2.45) is 5.92 Å². The predicted molar refractivity (Wildman–Crippen MR) is 82.2 cm³/mol. The average Bonchev–Trinajstić information content (AvgIpc) is 2.28. The van der Waals surface area contributed by atoms with Gasteiger partial charge in [0.15, 0.2) is 0 Å². The van der Waals surface area contributed by atoms with Crippen molar-refractivity contribution < 1.29 is 8.85 Å². The third kappa shape index (κ3) is 3.81. The molecule has 0 saturated carbocycles. The minimum Gasteiger partial charge on any atom is -0.394 e. The van der Waals surface area contributed by atoms with Crippen LogP contribution < -0.4 is 0 Å². The van der Waals surface area contributed by atoms with Crippen LogP contribution >= 0.6 is 0 Å². The zero-order valence-electron chi connectivity index (χ0n) is 13.8. The van der Waals surface area contributed by atoms with E-state index in [1.54, 1.807) is 0 Å². The highest BCUT2D eigenvalue weighted by Crippen LogP contribution is 2.50. The summed E-state index contributed by atoms with van der Waals surface area (Å²) >= 11 is 0. The Hall–Kier alpha value is 0.137. The highest BCUT2D eigenvalue weighted by Gasteiger charge is 2.55. The largest absolute Gasteiger partial charge is 0.394 e. The van der Waals surface area contributed by atoms with Gasteiger partial charge in [0.25, 0.3) is 0 Å². The van der Waals surface area contributed by atoms with Crippen molar-refractivity contribution in [2.45, 2.75) is 78.8 Å². The summed E-state index contributed by atoms with van der Waals surface area (Å²) in [7, 11) is -2.21. The van der Waals surface area contributed by atoms with Crippen molar-refractivity contribution in [3.63, 3.8) is 0 Å². The first kappa shape index (κ1) is 18.1. The van der Waals surface area contributed by atoms with Crippen LogP contribution in [0.25, 0.3) is 0 Å². The summed E-state index contributed by atoms with van der Waals surface area (Å²) in [6.07, 6.45) is 2.12. The van der Waals surface area contributed by atoms with E-state index >= 15 is 0 Å². The molecule has 3 heteroatoms. The summed E-state index contributed by atoms with van der Waals surface area (Å²) in [5.41, 5.74) is 0.480. The topological polar surface area (TPSA) is 18.5 Å². The van der Waals surface area contributed by atoms with Crippen molar-refractivity contribution >= 4 is 8.56 Å². The SMILES string of the molecule is CCCO[Si](OCCC)(C(C)C)C(C)(C)C(C)C. The van der Waals surface area contributed by atoms with Gasteiger partial charge in [0.1, 0.15) is 0 Å². The predicted octanol–water partition coefficient (Wildman–Crippen LogP) is 5.13. The van der Waals surface area contributed by atoms with Crippen LogP contribution in [0.1, 0.15) is 68.2 Å². The minimum absolute atomic E-state index is 0.130. The van der Waals surface area contributed by atoms with E-state index in [2.05, 4.69) is 55.4 Å². The minimum atomic E-state index is -2.21. The Labute approximate surface area is 116 Å². The molecule has 0 saturated heterocycles. The summed E-state index contributed by atoms with van der Waals surface area (Å²) in [6.45, 7) is 19.7. The molecule has 0 radical (unpaired) electrons. The van der Waals surface area contributed by atoms with E-state index in [9.17, 15) is 0 Å². The van der Waals surface area contributed by atoms with Gasteiger partial charge in [0, 0.05) is 18.3 Å². The Balaban J connectivity index is 5.29. The molecule has 0 unspecified atom stereocenters. The van der Waals surface area contributed by atoms with E-state index in [4.69, 9.17) is 8.85 Å². The maximum absolute atomic E-state index is 6.39. The number of rotatable bonds is 9. The van der Waals surface area contributed by atoms with Gasteiger partial charge in [-0.3, -0.25) is 0 Å². The molecule has 0 atom stereocenters. The third-order valence-corrected chi connectivity index (χ3v) is 9.30. The molecule has 0 aliphatic heterocycles. The zero-order chi connectivity index (χ0) is 14.4. The molecule has 0 rings (SSSR count). The summed E-state index contributed by atoms with van der Waals surface area (Å²) < 4.78 is 12.8. The zero-order valence-corrected chi connectivity index (χ0v) is 14.8. The smallest absolute Gasteiger partial charge is 0.346 e. The monoisotopic (exact) mass is 274 g/mol. The molecule has 0 spiro atoms. The van der Waals surface area contributed by atoms with E-state index in [-0.39, 0.29) is 5.04 Å². The summed E-state index contributed by atoms with van der Waals surface area (Å²) in [5.74, 6) is 0.570. The Morgan fingerprint density at radius 1 is 0.889 bits per heavy atom. The fourth-order valence-corrected chi connectivity index (χ4v) is 7.20. The quantitative estimate of drug-likeness (QED) is 0.543. The fraction of sp³-hybridized carbons (Fsp3) is 1.00. The van der Waals surface area contributed by atoms with Crippen LogP contribution in [0.5, 0.6) is 0 Å². The summed E-state index contributed by atoms with van der Waals surface area (Å²) in [4.78, 5) is 0. The maximum Gasteiger partial charge on any atom is 0.346 e. The lowest BCUT2D eigenvalue weighted by Crippen LogP contribution is -2.56. The molecule has 0 N–H and O–H groups in total. The van der Waals surface area contributed by atoms with Crippen LogP contribution in [0.3, 0.4) is 0 Å². The lowest BCUT2D eigenvalue weighted by atomic mass is 9.99. The first-order chi connectivity index (χ1) is 8.26. The first-order valence-corrected chi connectivity index (χ1v) is 9.43. The molecule has 0 bridgehead atoms. The van der Waals surface area contributed by atoms with Crippen LogP contribution in [0.2, 0.25) is 10.6 Å². The average molecular weight is 275 g/mol. The van der Waals surface area contributed by atoms with Gasteiger partial charge in [-0.15, -0.1) is 0 Å². The van der Waals surface area contributed by atoms with Crippen LogP contribution in [-0.4, -0.2) is 21.8 Å². The second kappa shape index (κ2) is 7.66. The Bertz CT molecular complexity index is 217. The van der Waals surface area contributed by atoms with Gasteiger partial charge < -0.3 is 8.85 Å². The highest BCUT2D eigenvalue weighted by atomic mass is 28.4. The van der Waals surface area contributed by atoms with Crippen LogP contribution in [-0.2, 0) is 8.85 Å². The van der Waals surface area contributed by atoms with Crippen LogP contribution in [0, 0.1) is 5.92 Å². The van der Waals surface area contributed by atoms with Crippen molar-refractivity contribution in [3.05, 3.63) is 0 Å². The Morgan fingerprint density at radius 2 is 1.28 bits per heavy atom. The summed E-state index contributed by atoms with van der Waals surface area (Å²) in [5, 5.41) is 0.130. The van der Waals surface area contributed by atoms with Crippen molar-refractivity contribution in [1.29, 1.82) is 0 Å². The molecule has 0 aromatic carbocycles. The van der Waals surface area contributed by atoms with Gasteiger partial charge in [-0.05, 0) is 24.3 Å². The fourth-order valence-electron chi connectivity index (χ4n) is 2.40. The van der Waals surface area contributed by atoms with Crippen molar-refractivity contribution in [1.82, 2.24) is 0 Å². The first-order valence-electron chi connectivity index (χ1n) is 7.54. The lowest BCUT2D eigenvalue weighted by Gasteiger charge is -2.48. The molecule has 0 fully saturated rings. The number of hydrogen-bond acceptors (Lipinski definition) is 2. The molecule has 0 amide bonds. The van der Waals surface area contributed by atoms with E-state index < -0.39 is 8.56 Å². The maximum atomic E-state index is 6.39. The molecular formula is C15H34O2Si. The molecule has 2 nitrogen and oxygen atoms in total. The second-order valence-corrected chi connectivity index (χ2v) is 10.8. The lowest BCUT2D eigenvalue weighted by molar-refractivity contribution is 0.126.